The zero-order chi connectivity index (χ0) is 36.0. The van der Waals surface area contributed by atoms with Gasteiger partial charge in [-0.2, -0.15) is 47.9 Å². The molecule has 48 heavy (non-hydrogen) atoms. The molecule has 0 aromatic heterocycles. The maximum atomic E-state index is 15.3. The first-order chi connectivity index (χ1) is 22.3. The second kappa shape index (κ2) is 15.5. The third kappa shape index (κ3) is 7.85. The lowest BCUT2D eigenvalue weighted by Crippen LogP contribution is -2.63. The molecular formula is C34H39F9O3S2. The monoisotopic (exact) mass is 730 g/mol. The van der Waals surface area contributed by atoms with E-state index in [0.717, 1.165) is 55.2 Å². The highest BCUT2D eigenvalue weighted by Crippen LogP contribution is 2.71. The van der Waals surface area contributed by atoms with Crippen molar-refractivity contribution in [1.29, 1.82) is 0 Å². The maximum Gasteiger partial charge on any atom is 0.460 e. The molecule has 0 fully saturated rings. The van der Waals surface area contributed by atoms with Crippen LogP contribution in [0.1, 0.15) is 76.0 Å². The van der Waals surface area contributed by atoms with Gasteiger partial charge in [-0.05, 0) is 102 Å². The minimum atomic E-state index is -7.44. The molecule has 14 heteroatoms. The molecule has 0 aliphatic heterocycles. The standard InChI is InChI=1S/C34H39F9O3S2/c1-4-7-10-25-13-19-28(20-14-25)47(29-21-15-26(16-22-29)11-8-5-2,30-23-17-27(18-24-30)12-9-6-3)46-48(44,45)34(42,43)32(37,38)31(35,36)33(39,40)41/h13-24H,4-12H2,1-3H3. The summed E-state index contributed by atoms with van der Waals surface area (Å²) in [7, 11) is -11.3. The quantitative estimate of drug-likeness (QED) is 0.130. The Morgan fingerprint density at radius 2 is 0.792 bits per heavy atom. The maximum absolute atomic E-state index is 15.3. The summed E-state index contributed by atoms with van der Waals surface area (Å²) in [5.41, 5.74) is 2.30. The minimum absolute atomic E-state index is 0.0874. The molecule has 0 heterocycles. The van der Waals surface area contributed by atoms with Gasteiger partial charge in [-0.25, -0.2) is 3.63 Å². The first kappa shape index (κ1) is 39.7. The molecule has 0 unspecified atom stereocenters. The van der Waals surface area contributed by atoms with E-state index in [0.29, 0.717) is 19.3 Å². The van der Waals surface area contributed by atoms with Gasteiger partial charge in [-0.1, -0.05) is 76.4 Å². The topological polar surface area (TPSA) is 43.4 Å². The molecule has 0 atom stereocenters. The van der Waals surface area contributed by atoms with E-state index in [9.17, 15) is 39.2 Å². The van der Waals surface area contributed by atoms with Crippen LogP contribution in [0.3, 0.4) is 0 Å². The van der Waals surface area contributed by atoms with Crippen LogP contribution in [0.2, 0.25) is 0 Å². The van der Waals surface area contributed by atoms with Gasteiger partial charge in [0.2, 0.25) is 0 Å². The summed E-state index contributed by atoms with van der Waals surface area (Å²) in [6, 6.07) is 17.6. The zero-order valence-corrected chi connectivity index (χ0v) is 28.4. The Balaban J connectivity index is 2.37. The number of aryl methyl sites for hydroxylation is 3. The molecule has 0 aliphatic rings. The third-order valence-corrected chi connectivity index (χ3v) is 13.1. The van der Waals surface area contributed by atoms with Crippen molar-refractivity contribution < 1.29 is 51.6 Å². The molecule has 3 rings (SSSR count). The van der Waals surface area contributed by atoms with Gasteiger partial charge in [0.05, 0.1) is 0 Å². The Bertz CT molecular complexity index is 1450. The Morgan fingerprint density at radius 1 is 0.500 bits per heavy atom. The molecular weight excluding hydrogens is 691 g/mol. The van der Waals surface area contributed by atoms with Gasteiger partial charge in [0.15, 0.2) is 0 Å². The van der Waals surface area contributed by atoms with Crippen molar-refractivity contribution in [3.05, 3.63) is 89.5 Å². The fourth-order valence-electron chi connectivity index (χ4n) is 4.91. The summed E-state index contributed by atoms with van der Waals surface area (Å²) in [4.78, 5) is -0.262. The summed E-state index contributed by atoms with van der Waals surface area (Å²) in [5, 5.41) is -7.03. The van der Waals surface area contributed by atoms with E-state index in [1.165, 1.54) is 36.4 Å². The van der Waals surface area contributed by atoms with Crippen LogP contribution in [-0.4, -0.2) is 31.7 Å². The number of hydrogen-bond donors (Lipinski definition) is 0. The van der Waals surface area contributed by atoms with E-state index < -0.39 is 43.7 Å². The Kier molecular flexibility index (Phi) is 12.8. The van der Waals surface area contributed by atoms with Crippen molar-refractivity contribution in [3.8, 4) is 0 Å². The molecule has 268 valence electrons. The van der Waals surface area contributed by atoms with Gasteiger partial charge < -0.3 is 0 Å². The van der Waals surface area contributed by atoms with Crippen LogP contribution >= 0.6 is 10.3 Å². The van der Waals surface area contributed by atoms with Crippen molar-refractivity contribution in [3.63, 3.8) is 0 Å². The first-order valence-corrected chi connectivity index (χ1v) is 18.5. The lowest BCUT2D eigenvalue weighted by Gasteiger charge is -2.41. The summed E-state index contributed by atoms with van der Waals surface area (Å²) in [5.74, 6) is -14.9. The SMILES string of the molecule is CCCCc1ccc(S(OS(=O)(=O)C(F)(F)C(F)(F)C(F)(F)C(F)(F)F)(c2ccc(CCCC)cc2)c2ccc(CCCC)cc2)cc1. The fourth-order valence-corrected chi connectivity index (χ4v) is 10.1. The number of rotatable bonds is 17. The Hall–Kier alpha value is -2.71. The number of halogens is 9. The molecule has 3 aromatic carbocycles. The molecule has 0 aliphatic carbocycles. The fraction of sp³-hybridized carbons (Fsp3) is 0.471. The number of unbranched alkanes of at least 4 members (excludes halogenated alkanes) is 3. The predicted molar refractivity (Wildman–Crippen MR) is 168 cm³/mol. The lowest BCUT2D eigenvalue weighted by atomic mass is 10.1. The molecule has 3 aromatic rings. The smallest absolute Gasteiger partial charge is 0.202 e. The number of hydrogen-bond acceptors (Lipinski definition) is 3. The van der Waals surface area contributed by atoms with Crippen LogP contribution in [0, 0.1) is 0 Å². The summed E-state index contributed by atoms with van der Waals surface area (Å²) < 4.78 is 158. The highest BCUT2D eigenvalue weighted by atomic mass is 32.3. The molecule has 0 N–H and O–H groups in total. The van der Waals surface area contributed by atoms with Crippen LogP contribution in [0.25, 0.3) is 0 Å². The lowest BCUT2D eigenvalue weighted by molar-refractivity contribution is -0.382. The summed E-state index contributed by atoms with van der Waals surface area (Å²) in [6.45, 7) is 5.86. The van der Waals surface area contributed by atoms with E-state index in [-0.39, 0.29) is 14.7 Å². The van der Waals surface area contributed by atoms with Crippen LogP contribution < -0.4 is 0 Å². The number of alkyl halides is 9. The molecule has 0 bridgehead atoms. The first-order valence-electron chi connectivity index (χ1n) is 15.6. The van der Waals surface area contributed by atoms with Crippen molar-refractivity contribution in [2.75, 3.05) is 0 Å². The summed E-state index contributed by atoms with van der Waals surface area (Å²) in [6.07, 6.45) is -0.624. The van der Waals surface area contributed by atoms with Gasteiger partial charge in [-0.3, -0.25) is 0 Å². The average molecular weight is 731 g/mol. The van der Waals surface area contributed by atoms with Crippen LogP contribution in [0.5, 0.6) is 0 Å². The van der Waals surface area contributed by atoms with E-state index in [1.807, 2.05) is 20.8 Å². The van der Waals surface area contributed by atoms with E-state index in [2.05, 4.69) is 0 Å². The van der Waals surface area contributed by atoms with Crippen LogP contribution in [-0.2, 0) is 33.0 Å². The van der Waals surface area contributed by atoms with Crippen molar-refractivity contribution in [1.82, 2.24) is 0 Å². The van der Waals surface area contributed by atoms with Crippen molar-refractivity contribution >= 4 is 20.4 Å². The van der Waals surface area contributed by atoms with Crippen molar-refractivity contribution in [2.24, 2.45) is 0 Å². The Labute approximate surface area is 277 Å². The largest absolute Gasteiger partial charge is 0.460 e. The van der Waals surface area contributed by atoms with E-state index in [4.69, 9.17) is 3.63 Å². The second-order valence-corrected chi connectivity index (χ2v) is 16.0. The van der Waals surface area contributed by atoms with Gasteiger partial charge >= 0.3 is 33.4 Å². The predicted octanol–water partition coefficient (Wildman–Crippen LogP) is 11.7. The van der Waals surface area contributed by atoms with E-state index >= 15 is 8.78 Å². The van der Waals surface area contributed by atoms with Gasteiger partial charge in [0.25, 0.3) is 0 Å². The third-order valence-electron chi connectivity index (χ3n) is 7.84. The number of benzene rings is 3. The van der Waals surface area contributed by atoms with Gasteiger partial charge in [0.1, 0.15) is 0 Å². The minimum Gasteiger partial charge on any atom is -0.202 e. The van der Waals surface area contributed by atoms with Gasteiger partial charge in [0, 0.05) is 14.7 Å². The average Bonchev–Trinajstić information content (AvgIpc) is 3.04. The molecule has 0 saturated heterocycles. The van der Waals surface area contributed by atoms with Gasteiger partial charge in [-0.15, -0.1) is 0 Å². The zero-order valence-electron chi connectivity index (χ0n) is 26.7. The second-order valence-electron chi connectivity index (χ2n) is 11.5. The van der Waals surface area contributed by atoms with Crippen LogP contribution in [0.4, 0.5) is 39.5 Å². The molecule has 0 spiro atoms. The van der Waals surface area contributed by atoms with E-state index in [1.54, 1.807) is 36.4 Å². The highest BCUT2D eigenvalue weighted by molar-refractivity contribution is 8.33. The molecule has 0 radical (unpaired) electrons. The normalized spacial score (nSPS) is 13.9. The highest BCUT2D eigenvalue weighted by Gasteiger charge is 2.86. The molecule has 0 amide bonds. The van der Waals surface area contributed by atoms with Crippen LogP contribution in [0.15, 0.2) is 87.5 Å². The molecule has 0 saturated carbocycles. The van der Waals surface area contributed by atoms with Crippen molar-refractivity contribution in [2.45, 2.75) is 117 Å². The Morgan fingerprint density at radius 3 is 1.04 bits per heavy atom. The molecule has 3 nitrogen and oxygen atoms in total. The summed E-state index contributed by atoms with van der Waals surface area (Å²) >= 11 is 0.